The van der Waals surface area contributed by atoms with Crippen LogP contribution < -0.4 is 0 Å². The van der Waals surface area contributed by atoms with Crippen LogP contribution >= 0.6 is 0 Å². The minimum absolute atomic E-state index is 0.0624. The van der Waals surface area contributed by atoms with Crippen molar-refractivity contribution in [1.29, 1.82) is 0 Å². The highest BCUT2D eigenvalue weighted by molar-refractivity contribution is 5.69. The number of methoxy groups -OCH3 is 1. The molecule has 0 bridgehead atoms. The molecule has 0 aliphatic rings. The van der Waals surface area contributed by atoms with Crippen molar-refractivity contribution >= 4 is 5.97 Å². The molecule has 0 fully saturated rings. The summed E-state index contributed by atoms with van der Waals surface area (Å²) in [5.41, 5.74) is 1.46. The molecule has 0 spiro atoms. The van der Waals surface area contributed by atoms with Gasteiger partial charge in [0.25, 0.3) is 0 Å². The molecule has 5 nitrogen and oxygen atoms in total. The molecule has 18 heavy (non-hydrogen) atoms. The molecule has 2 unspecified atom stereocenters. The van der Waals surface area contributed by atoms with E-state index in [1.54, 1.807) is 24.3 Å². The van der Waals surface area contributed by atoms with Gasteiger partial charge in [0.2, 0.25) is 0 Å². The minimum Gasteiger partial charge on any atom is -0.469 e. The summed E-state index contributed by atoms with van der Waals surface area (Å²) in [6.07, 6.45) is -2.04. The van der Waals surface area contributed by atoms with Gasteiger partial charge in [-0.2, -0.15) is 0 Å². The lowest BCUT2D eigenvalue weighted by Gasteiger charge is -2.17. The molecular formula is C13H18O5. The number of benzene rings is 1. The van der Waals surface area contributed by atoms with Crippen LogP contribution in [0.4, 0.5) is 0 Å². The molecule has 1 rings (SSSR count). The molecule has 5 heteroatoms. The fourth-order valence-electron chi connectivity index (χ4n) is 1.60. The average molecular weight is 254 g/mol. The highest BCUT2D eigenvalue weighted by Crippen LogP contribution is 2.19. The molecule has 0 saturated heterocycles. The largest absolute Gasteiger partial charge is 0.469 e. The van der Waals surface area contributed by atoms with Gasteiger partial charge in [0.15, 0.2) is 0 Å². The van der Waals surface area contributed by atoms with Crippen LogP contribution in [0.25, 0.3) is 0 Å². The van der Waals surface area contributed by atoms with E-state index in [4.69, 9.17) is 5.11 Å². The number of hydrogen-bond donors (Lipinski definition) is 3. The smallest absolute Gasteiger partial charge is 0.308 e. The van der Waals surface area contributed by atoms with E-state index >= 15 is 0 Å². The fraction of sp³-hybridized carbons (Fsp3) is 0.462. The molecule has 0 amide bonds. The van der Waals surface area contributed by atoms with Gasteiger partial charge < -0.3 is 20.1 Å². The van der Waals surface area contributed by atoms with E-state index in [1.165, 1.54) is 7.11 Å². The predicted molar refractivity (Wildman–Crippen MR) is 64.8 cm³/mol. The van der Waals surface area contributed by atoms with Crippen molar-refractivity contribution in [2.75, 3.05) is 13.7 Å². The fourth-order valence-corrected chi connectivity index (χ4v) is 1.60. The molecule has 0 radical (unpaired) electrons. The number of hydrogen-bond acceptors (Lipinski definition) is 5. The van der Waals surface area contributed by atoms with Gasteiger partial charge in [-0.3, -0.25) is 4.79 Å². The Kier molecular flexibility index (Phi) is 5.77. The third-order valence-corrected chi connectivity index (χ3v) is 2.69. The Morgan fingerprint density at radius 2 is 1.89 bits per heavy atom. The Morgan fingerprint density at radius 3 is 2.39 bits per heavy atom. The Labute approximate surface area is 106 Å². The van der Waals surface area contributed by atoms with E-state index < -0.39 is 18.2 Å². The van der Waals surface area contributed by atoms with Crippen LogP contribution in [0, 0.1) is 0 Å². The molecule has 0 saturated carbocycles. The molecule has 1 aromatic carbocycles. The van der Waals surface area contributed by atoms with Crippen LogP contribution in [0.1, 0.15) is 23.7 Å². The second-order valence-electron chi connectivity index (χ2n) is 4.01. The third-order valence-electron chi connectivity index (χ3n) is 2.69. The summed E-state index contributed by atoms with van der Waals surface area (Å²) in [5.74, 6) is -0.571. The second kappa shape index (κ2) is 7.10. The first-order valence-electron chi connectivity index (χ1n) is 5.71. The summed E-state index contributed by atoms with van der Waals surface area (Å²) in [4.78, 5) is 11.0. The average Bonchev–Trinajstić information content (AvgIpc) is 2.39. The molecule has 100 valence electrons. The number of esters is 1. The molecule has 0 aliphatic carbocycles. The van der Waals surface area contributed by atoms with Gasteiger partial charge >= 0.3 is 5.97 Å². The molecule has 2 atom stereocenters. The zero-order valence-electron chi connectivity index (χ0n) is 10.2. The first kappa shape index (κ1) is 14.6. The van der Waals surface area contributed by atoms with Gasteiger partial charge in [0.05, 0.1) is 19.6 Å². The summed E-state index contributed by atoms with van der Waals surface area (Å²) >= 11 is 0. The topological polar surface area (TPSA) is 87.0 Å². The van der Waals surface area contributed by atoms with E-state index in [9.17, 15) is 15.0 Å². The highest BCUT2D eigenvalue weighted by Gasteiger charge is 2.21. The lowest BCUT2D eigenvalue weighted by Crippen LogP contribution is -2.22. The zero-order chi connectivity index (χ0) is 13.5. The summed E-state index contributed by atoms with van der Waals surface area (Å²) in [6, 6.07) is 6.85. The summed E-state index contributed by atoms with van der Waals surface area (Å²) < 4.78 is 4.42. The molecule has 1 aromatic rings. The van der Waals surface area contributed by atoms with Crippen molar-refractivity contribution in [3.8, 4) is 0 Å². The third kappa shape index (κ3) is 4.10. The predicted octanol–water partition coefficient (Wildman–Crippen LogP) is 0.179. The lowest BCUT2D eigenvalue weighted by molar-refractivity contribution is -0.144. The van der Waals surface area contributed by atoms with Gasteiger partial charge in [-0.1, -0.05) is 24.3 Å². The van der Waals surface area contributed by atoms with E-state index in [0.29, 0.717) is 12.0 Å². The van der Waals surface area contributed by atoms with Crippen molar-refractivity contribution in [2.45, 2.75) is 25.0 Å². The maximum Gasteiger partial charge on any atom is 0.308 e. The van der Waals surface area contributed by atoms with E-state index in [-0.39, 0.29) is 13.0 Å². The van der Waals surface area contributed by atoms with Crippen molar-refractivity contribution in [3.05, 3.63) is 35.4 Å². The monoisotopic (exact) mass is 254 g/mol. The molecule has 0 aliphatic heterocycles. The number of aliphatic hydroxyl groups excluding tert-OH is 3. The SMILES string of the molecule is COC(=O)CC(O)C(O)c1ccc(CCO)cc1. The zero-order valence-corrected chi connectivity index (χ0v) is 10.2. The Bertz CT molecular complexity index is 373. The van der Waals surface area contributed by atoms with Gasteiger partial charge in [0.1, 0.15) is 6.10 Å². The van der Waals surface area contributed by atoms with Crippen LogP contribution in [0.15, 0.2) is 24.3 Å². The molecule has 3 N–H and O–H groups in total. The Balaban J connectivity index is 2.65. The van der Waals surface area contributed by atoms with Crippen LogP contribution in [0.2, 0.25) is 0 Å². The maximum atomic E-state index is 11.0. The summed E-state index contributed by atoms with van der Waals surface area (Å²) in [5, 5.41) is 28.3. The van der Waals surface area contributed by atoms with E-state index in [0.717, 1.165) is 5.56 Å². The number of ether oxygens (including phenoxy) is 1. The normalized spacial score (nSPS) is 14.0. The van der Waals surface area contributed by atoms with Gasteiger partial charge in [-0.05, 0) is 17.5 Å². The van der Waals surface area contributed by atoms with Gasteiger partial charge in [0, 0.05) is 6.61 Å². The van der Waals surface area contributed by atoms with Gasteiger partial charge in [-0.15, -0.1) is 0 Å². The molecular weight excluding hydrogens is 236 g/mol. The quantitative estimate of drug-likeness (QED) is 0.630. The number of carbonyl (C=O) groups is 1. The van der Waals surface area contributed by atoms with Crippen LogP contribution in [-0.2, 0) is 16.0 Å². The number of carbonyl (C=O) groups excluding carboxylic acids is 1. The van der Waals surface area contributed by atoms with E-state index in [2.05, 4.69) is 4.74 Å². The van der Waals surface area contributed by atoms with Crippen LogP contribution in [0.3, 0.4) is 0 Å². The number of aliphatic hydroxyl groups is 3. The minimum atomic E-state index is -1.19. The number of rotatable bonds is 6. The van der Waals surface area contributed by atoms with Crippen molar-refractivity contribution < 1.29 is 24.9 Å². The molecule has 0 heterocycles. The van der Waals surface area contributed by atoms with Gasteiger partial charge in [-0.25, -0.2) is 0 Å². The van der Waals surface area contributed by atoms with Crippen molar-refractivity contribution in [1.82, 2.24) is 0 Å². The molecule has 0 aromatic heterocycles. The maximum absolute atomic E-state index is 11.0. The van der Waals surface area contributed by atoms with Crippen molar-refractivity contribution in [3.63, 3.8) is 0 Å². The van der Waals surface area contributed by atoms with Crippen molar-refractivity contribution in [2.24, 2.45) is 0 Å². The van der Waals surface area contributed by atoms with E-state index in [1.807, 2.05) is 0 Å². The van der Waals surface area contributed by atoms with Crippen LogP contribution in [0.5, 0.6) is 0 Å². The summed E-state index contributed by atoms with van der Waals surface area (Å²) in [6.45, 7) is 0.0624. The second-order valence-corrected chi connectivity index (χ2v) is 4.01. The lowest BCUT2D eigenvalue weighted by atomic mass is 10.0. The summed E-state index contributed by atoms with van der Waals surface area (Å²) in [7, 11) is 1.23. The first-order valence-corrected chi connectivity index (χ1v) is 5.71. The van der Waals surface area contributed by atoms with Crippen LogP contribution in [-0.4, -0.2) is 41.1 Å². The standard InChI is InChI=1S/C13H18O5/c1-18-12(16)8-11(15)13(17)10-4-2-9(3-5-10)6-7-14/h2-5,11,13-15,17H,6-8H2,1H3. The first-order chi connectivity index (χ1) is 8.58. The Morgan fingerprint density at radius 1 is 1.28 bits per heavy atom. The Hall–Kier alpha value is -1.43. The highest BCUT2D eigenvalue weighted by atomic mass is 16.5.